The molecule has 0 saturated carbocycles. The number of hydrogen-bond donors (Lipinski definition) is 1. The molecule has 8 nitrogen and oxygen atoms in total. The molecule has 0 bridgehead atoms. The summed E-state index contributed by atoms with van der Waals surface area (Å²) in [6, 6.07) is 14.6. The highest BCUT2D eigenvalue weighted by atomic mass is 16.5. The van der Waals surface area contributed by atoms with E-state index < -0.39 is 0 Å². The highest BCUT2D eigenvalue weighted by Gasteiger charge is 2.25. The van der Waals surface area contributed by atoms with Crippen LogP contribution >= 0.6 is 0 Å². The Bertz CT molecular complexity index is 1270. The second-order valence-electron chi connectivity index (χ2n) is 8.84. The first-order valence-corrected chi connectivity index (χ1v) is 11.4. The van der Waals surface area contributed by atoms with Crippen molar-refractivity contribution in [1.29, 1.82) is 0 Å². The lowest BCUT2D eigenvalue weighted by molar-refractivity contribution is 0.0930. The molecular weight excluding hydrogens is 416 g/mol. The number of pyridine rings is 2. The van der Waals surface area contributed by atoms with E-state index in [1.54, 1.807) is 7.11 Å². The normalized spacial score (nSPS) is 18.7. The number of methoxy groups -OCH3 is 1. The van der Waals surface area contributed by atoms with E-state index >= 15 is 0 Å². The van der Waals surface area contributed by atoms with Crippen LogP contribution in [0.1, 0.15) is 31.9 Å². The Labute approximate surface area is 193 Å². The highest BCUT2D eigenvalue weighted by Crippen LogP contribution is 2.29. The van der Waals surface area contributed by atoms with Gasteiger partial charge in [0.1, 0.15) is 23.1 Å². The molecule has 2 unspecified atom stereocenters. The van der Waals surface area contributed by atoms with E-state index in [1.807, 2.05) is 47.7 Å². The van der Waals surface area contributed by atoms with Gasteiger partial charge < -0.3 is 15.2 Å². The molecule has 0 spiro atoms. The third kappa shape index (κ3) is 4.29. The first-order valence-electron chi connectivity index (χ1n) is 11.4. The molecule has 8 heteroatoms. The van der Waals surface area contributed by atoms with E-state index in [9.17, 15) is 0 Å². The zero-order valence-electron chi connectivity index (χ0n) is 19.3. The molecule has 4 aromatic rings. The lowest BCUT2D eigenvalue weighted by Crippen LogP contribution is -2.28. The van der Waals surface area contributed by atoms with E-state index in [0.29, 0.717) is 12.4 Å². The average molecular weight is 447 g/mol. The van der Waals surface area contributed by atoms with E-state index in [0.717, 1.165) is 47.5 Å². The SMILES string of the molecule is COCC(C)Oc1cccc2ccc(-c3nnc4ccc(C(C)N5CC[C@H](N)C5)cn34)nc12. The largest absolute Gasteiger partial charge is 0.486 e. The van der Waals surface area contributed by atoms with E-state index in [1.165, 1.54) is 5.56 Å². The first-order chi connectivity index (χ1) is 16.0. The maximum Gasteiger partial charge on any atom is 0.187 e. The number of aromatic nitrogens is 4. The second kappa shape index (κ2) is 9.05. The second-order valence-corrected chi connectivity index (χ2v) is 8.84. The minimum atomic E-state index is -0.0808. The molecule has 4 heterocycles. The minimum absolute atomic E-state index is 0.0808. The number of nitrogens with two attached hydrogens (primary N) is 1. The molecule has 1 aliphatic heterocycles. The van der Waals surface area contributed by atoms with Gasteiger partial charge in [-0.05, 0) is 44.0 Å². The molecule has 1 saturated heterocycles. The Morgan fingerprint density at radius 1 is 1.12 bits per heavy atom. The maximum absolute atomic E-state index is 6.13. The quantitative estimate of drug-likeness (QED) is 0.465. The molecule has 33 heavy (non-hydrogen) atoms. The van der Waals surface area contributed by atoms with Gasteiger partial charge in [0, 0.05) is 43.9 Å². The van der Waals surface area contributed by atoms with Crippen LogP contribution in [0.2, 0.25) is 0 Å². The standard InChI is InChI=1S/C25H30N6O2/c1-16(15-32-3)33-22-6-4-5-18-7-9-21(27-24(18)22)25-29-28-23-10-8-19(13-31(23)25)17(2)30-12-11-20(26)14-30/h4-10,13,16-17,20H,11-12,14-15,26H2,1-3H3/t16?,17?,20-/m0/s1. The molecule has 0 amide bonds. The Hall–Kier alpha value is -3.07. The Balaban J connectivity index is 1.52. The molecule has 0 radical (unpaired) electrons. The van der Waals surface area contributed by atoms with Crippen molar-refractivity contribution < 1.29 is 9.47 Å². The summed E-state index contributed by atoms with van der Waals surface area (Å²) >= 11 is 0. The Morgan fingerprint density at radius 2 is 2.00 bits per heavy atom. The molecule has 0 aliphatic carbocycles. The topological polar surface area (TPSA) is 90.8 Å². The lowest BCUT2D eigenvalue weighted by Gasteiger charge is -2.24. The average Bonchev–Trinajstić information content (AvgIpc) is 3.44. The number of likely N-dealkylation sites (tertiary alicyclic amines) is 1. The Kier molecular flexibility index (Phi) is 5.97. The van der Waals surface area contributed by atoms with Crippen molar-refractivity contribution in [3.05, 3.63) is 54.2 Å². The summed E-state index contributed by atoms with van der Waals surface area (Å²) in [5.74, 6) is 1.44. The monoisotopic (exact) mass is 446 g/mol. The van der Waals surface area contributed by atoms with Crippen LogP contribution in [-0.2, 0) is 4.74 Å². The fraction of sp³-hybridized carbons (Fsp3) is 0.400. The molecule has 1 fully saturated rings. The van der Waals surface area contributed by atoms with Crippen molar-refractivity contribution >= 4 is 16.6 Å². The zero-order chi connectivity index (χ0) is 22.9. The number of fused-ring (bicyclic) bond motifs is 2. The number of benzene rings is 1. The number of nitrogens with zero attached hydrogens (tertiary/aromatic N) is 5. The van der Waals surface area contributed by atoms with Gasteiger partial charge in [0.05, 0.1) is 6.61 Å². The smallest absolute Gasteiger partial charge is 0.187 e. The van der Waals surface area contributed by atoms with Gasteiger partial charge in [-0.1, -0.05) is 24.3 Å². The van der Waals surface area contributed by atoms with Crippen molar-refractivity contribution in [1.82, 2.24) is 24.5 Å². The lowest BCUT2D eigenvalue weighted by atomic mass is 10.1. The van der Waals surface area contributed by atoms with Crippen LogP contribution in [0, 0.1) is 0 Å². The number of ether oxygens (including phenoxy) is 2. The number of rotatable bonds is 7. The summed E-state index contributed by atoms with van der Waals surface area (Å²) in [5, 5.41) is 9.84. The third-order valence-electron chi connectivity index (χ3n) is 6.35. The van der Waals surface area contributed by atoms with Gasteiger partial charge in [0.25, 0.3) is 0 Å². The molecule has 1 aliphatic rings. The predicted molar refractivity (Wildman–Crippen MR) is 128 cm³/mol. The summed E-state index contributed by atoms with van der Waals surface area (Å²) in [6.45, 7) is 6.65. The van der Waals surface area contributed by atoms with Crippen LogP contribution in [-0.4, -0.2) is 63.4 Å². The van der Waals surface area contributed by atoms with Gasteiger partial charge in [-0.25, -0.2) is 4.98 Å². The Morgan fingerprint density at radius 3 is 2.79 bits per heavy atom. The van der Waals surface area contributed by atoms with Crippen molar-refractivity contribution in [2.45, 2.75) is 38.5 Å². The fourth-order valence-corrected chi connectivity index (χ4v) is 4.53. The molecule has 1 aromatic carbocycles. The van der Waals surface area contributed by atoms with Crippen molar-refractivity contribution in [3.63, 3.8) is 0 Å². The summed E-state index contributed by atoms with van der Waals surface area (Å²) < 4.78 is 13.3. The molecule has 5 rings (SSSR count). The molecule has 172 valence electrons. The first kappa shape index (κ1) is 21.8. The predicted octanol–water partition coefficient (Wildman–Crippen LogP) is 3.45. The summed E-state index contributed by atoms with van der Waals surface area (Å²) in [7, 11) is 1.67. The van der Waals surface area contributed by atoms with Gasteiger partial charge >= 0.3 is 0 Å². The summed E-state index contributed by atoms with van der Waals surface area (Å²) in [4.78, 5) is 7.35. The van der Waals surface area contributed by atoms with E-state index in [2.05, 4.69) is 34.3 Å². The van der Waals surface area contributed by atoms with Crippen molar-refractivity contribution in [2.75, 3.05) is 26.8 Å². The van der Waals surface area contributed by atoms with Crippen LogP contribution in [0.15, 0.2) is 48.7 Å². The van der Waals surface area contributed by atoms with Gasteiger partial charge in [-0.15, -0.1) is 10.2 Å². The van der Waals surface area contributed by atoms with Crippen molar-refractivity contribution in [3.8, 4) is 17.3 Å². The minimum Gasteiger partial charge on any atom is -0.486 e. The molecule has 3 atom stereocenters. The summed E-state index contributed by atoms with van der Waals surface area (Å²) in [5.41, 5.74) is 9.67. The fourth-order valence-electron chi connectivity index (χ4n) is 4.53. The molecule has 3 aromatic heterocycles. The third-order valence-corrected chi connectivity index (χ3v) is 6.35. The van der Waals surface area contributed by atoms with Crippen LogP contribution in [0.3, 0.4) is 0 Å². The van der Waals surface area contributed by atoms with Crippen LogP contribution in [0.25, 0.3) is 28.1 Å². The van der Waals surface area contributed by atoms with Gasteiger partial charge in [-0.3, -0.25) is 9.30 Å². The van der Waals surface area contributed by atoms with Crippen LogP contribution in [0.4, 0.5) is 0 Å². The number of hydrogen-bond acceptors (Lipinski definition) is 7. The molecular formula is C25H30N6O2. The van der Waals surface area contributed by atoms with Gasteiger partial charge in [-0.2, -0.15) is 0 Å². The van der Waals surface area contributed by atoms with E-state index in [-0.39, 0.29) is 18.2 Å². The summed E-state index contributed by atoms with van der Waals surface area (Å²) in [6.07, 6.45) is 3.08. The zero-order valence-corrected chi connectivity index (χ0v) is 19.3. The van der Waals surface area contributed by atoms with E-state index in [4.69, 9.17) is 20.2 Å². The maximum atomic E-state index is 6.13. The highest BCUT2D eigenvalue weighted by molar-refractivity contribution is 5.86. The van der Waals surface area contributed by atoms with Crippen molar-refractivity contribution in [2.24, 2.45) is 5.73 Å². The number of para-hydroxylation sites is 1. The van der Waals surface area contributed by atoms with Crippen LogP contribution in [0.5, 0.6) is 5.75 Å². The molecule has 2 N–H and O–H groups in total. The van der Waals surface area contributed by atoms with Crippen LogP contribution < -0.4 is 10.5 Å². The van der Waals surface area contributed by atoms with Gasteiger partial charge in [0.15, 0.2) is 11.5 Å². The van der Waals surface area contributed by atoms with Gasteiger partial charge in [0.2, 0.25) is 0 Å².